The van der Waals surface area contributed by atoms with Crippen molar-refractivity contribution >= 4 is 60.5 Å². The van der Waals surface area contributed by atoms with Gasteiger partial charge in [-0.25, -0.2) is 0 Å². The molecule has 0 saturated heterocycles. The molecule has 2 nitrogen and oxygen atoms in total. The quantitative estimate of drug-likeness (QED) is 0.708. The van der Waals surface area contributed by atoms with Gasteiger partial charge in [0, 0.05) is 8.95 Å². The van der Waals surface area contributed by atoms with Gasteiger partial charge in [-0.3, -0.25) is 0 Å². The molecule has 0 fully saturated rings. The van der Waals surface area contributed by atoms with E-state index in [9.17, 15) is 0 Å². The highest BCUT2D eigenvalue weighted by Gasteiger charge is 2.06. The average molecular weight is 376 g/mol. The molecule has 2 rings (SSSR count). The van der Waals surface area contributed by atoms with Crippen LogP contribution in [0.25, 0.3) is 0 Å². The number of rotatable bonds is 2. The number of benzene rings is 2. The summed E-state index contributed by atoms with van der Waals surface area (Å²) in [6, 6.07) is 11.4. The van der Waals surface area contributed by atoms with Gasteiger partial charge < -0.3 is 11.1 Å². The molecule has 0 aliphatic rings. The van der Waals surface area contributed by atoms with E-state index in [0.717, 1.165) is 20.3 Å². The third kappa shape index (κ3) is 2.94. The maximum Gasteiger partial charge on any atom is 0.0742 e. The lowest BCUT2D eigenvalue weighted by Crippen LogP contribution is -1.97. The van der Waals surface area contributed by atoms with Gasteiger partial charge in [0.05, 0.1) is 22.1 Å². The Bertz CT molecular complexity index is 558. The van der Waals surface area contributed by atoms with Crippen molar-refractivity contribution in [2.75, 3.05) is 11.1 Å². The predicted molar refractivity (Wildman–Crippen MR) is 81.0 cm³/mol. The fourth-order valence-corrected chi connectivity index (χ4v) is 2.27. The average Bonchev–Trinajstić information content (AvgIpc) is 2.30. The Morgan fingerprint density at radius 3 is 2.59 bits per heavy atom. The van der Waals surface area contributed by atoms with Gasteiger partial charge in [-0.15, -0.1) is 0 Å². The summed E-state index contributed by atoms with van der Waals surface area (Å²) in [4.78, 5) is 0. The molecule has 2 aromatic carbocycles. The maximum atomic E-state index is 5.97. The van der Waals surface area contributed by atoms with Crippen molar-refractivity contribution in [3.05, 3.63) is 50.4 Å². The molecule has 0 aliphatic carbocycles. The molecular weight excluding hydrogens is 367 g/mol. The van der Waals surface area contributed by atoms with E-state index >= 15 is 0 Å². The molecule has 17 heavy (non-hydrogen) atoms. The largest absolute Gasteiger partial charge is 0.396 e. The molecule has 0 heterocycles. The van der Waals surface area contributed by atoms with Gasteiger partial charge >= 0.3 is 0 Å². The standard InChI is InChI=1S/C12H9Br2ClN2/c13-7-4-5-8(14)11(6-7)17-10-3-1-2-9(15)12(10)16/h1-6,17H,16H2. The number of anilines is 3. The first kappa shape index (κ1) is 12.7. The third-order valence-corrected chi connectivity index (χ3v) is 3.77. The number of para-hydroxylation sites is 1. The van der Waals surface area contributed by atoms with Gasteiger partial charge in [0.15, 0.2) is 0 Å². The number of hydrogen-bond donors (Lipinski definition) is 2. The lowest BCUT2D eigenvalue weighted by atomic mass is 10.2. The van der Waals surface area contributed by atoms with Crippen LogP contribution in [0.15, 0.2) is 45.3 Å². The second kappa shape index (κ2) is 5.29. The van der Waals surface area contributed by atoms with Gasteiger partial charge in [-0.05, 0) is 46.3 Å². The Labute approximate surface area is 121 Å². The van der Waals surface area contributed by atoms with E-state index in [1.807, 2.05) is 30.3 Å². The van der Waals surface area contributed by atoms with Crippen LogP contribution >= 0.6 is 43.5 Å². The summed E-state index contributed by atoms with van der Waals surface area (Å²) in [6.07, 6.45) is 0. The van der Waals surface area contributed by atoms with Crippen molar-refractivity contribution in [2.45, 2.75) is 0 Å². The topological polar surface area (TPSA) is 38.0 Å². The summed E-state index contributed by atoms with van der Waals surface area (Å²) in [7, 11) is 0. The summed E-state index contributed by atoms with van der Waals surface area (Å²) in [5.41, 5.74) is 8.15. The van der Waals surface area contributed by atoms with E-state index in [1.54, 1.807) is 6.07 Å². The van der Waals surface area contributed by atoms with Crippen molar-refractivity contribution in [2.24, 2.45) is 0 Å². The van der Waals surface area contributed by atoms with Gasteiger partial charge in [-0.1, -0.05) is 33.6 Å². The molecule has 0 amide bonds. The van der Waals surface area contributed by atoms with E-state index in [0.29, 0.717) is 10.7 Å². The number of halogens is 3. The molecule has 88 valence electrons. The smallest absolute Gasteiger partial charge is 0.0742 e. The predicted octanol–water partition coefficient (Wildman–Crippen LogP) is 5.19. The number of nitrogens with one attached hydrogen (secondary N) is 1. The van der Waals surface area contributed by atoms with Crippen molar-refractivity contribution in [3.63, 3.8) is 0 Å². The SMILES string of the molecule is Nc1c(Cl)cccc1Nc1cc(Br)ccc1Br. The molecule has 0 unspecified atom stereocenters. The van der Waals surface area contributed by atoms with Crippen LogP contribution in [-0.2, 0) is 0 Å². The highest BCUT2D eigenvalue weighted by molar-refractivity contribution is 9.11. The molecule has 3 N–H and O–H groups in total. The van der Waals surface area contributed by atoms with Crippen LogP contribution in [0.3, 0.4) is 0 Å². The van der Waals surface area contributed by atoms with E-state index in [4.69, 9.17) is 17.3 Å². The Kier molecular flexibility index (Phi) is 3.97. The number of hydrogen-bond acceptors (Lipinski definition) is 2. The van der Waals surface area contributed by atoms with Crippen molar-refractivity contribution < 1.29 is 0 Å². The van der Waals surface area contributed by atoms with Crippen LogP contribution in [0.5, 0.6) is 0 Å². The van der Waals surface area contributed by atoms with Crippen LogP contribution in [0.2, 0.25) is 5.02 Å². The molecule has 0 spiro atoms. The summed E-state index contributed by atoms with van der Waals surface area (Å²) < 4.78 is 1.95. The summed E-state index contributed by atoms with van der Waals surface area (Å²) in [6.45, 7) is 0. The Morgan fingerprint density at radius 2 is 1.82 bits per heavy atom. The van der Waals surface area contributed by atoms with Crippen molar-refractivity contribution in [3.8, 4) is 0 Å². The van der Waals surface area contributed by atoms with Gasteiger partial charge in [0.1, 0.15) is 0 Å². The molecule has 0 saturated carbocycles. The lowest BCUT2D eigenvalue weighted by Gasteiger charge is -2.12. The van der Waals surface area contributed by atoms with Crippen LogP contribution in [0.1, 0.15) is 0 Å². The summed E-state index contributed by atoms with van der Waals surface area (Å²) >= 11 is 12.9. The Morgan fingerprint density at radius 1 is 1.06 bits per heavy atom. The Balaban J connectivity index is 2.38. The normalized spacial score (nSPS) is 10.3. The fraction of sp³-hybridized carbons (Fsp3) is 0. The Hall–Kier alpha value is -0.710. The van der Waals surface area contributed by atoms with E-state index in [2.05, 4.69) is 37.2 Å². The zero-order valence-electron chi connectivity index (χ0n) is 8.68. The molecule has 0 aliphatic heterocycles. The lowest BCUT2D eigenvalue weighted by molar-refractivity contribution is 1.50. The first-order valence-electron chi connectivity index (χ1n) is 4.84. The summed E-state index contributed by atoms with van der Waals surface area (Å²) in [5, 5.41) is 3.78. The molecule has 0 bridgehead atoms. The number of nitrogen functional groups attached to an aromatic ring is 1. The van der Waals surface area contributed by atoms with Gasteiger partial charge in [-0.2, -0.15) is 0 Å². The van der Waals surface area contributed by atoms with Crippen LogP contribution < -0.4 is 11.1 Å². The summed E-state index contributed by atoms with van der Waals surface area (Å²) in [5.74, 6) is 0. The van der Waals surface area contributed by atoms with Gasteiger partial charge in [0.2, 0.25) is 0 Å². The molecular formula is C12H9Br2ClN2. The first-order valence-corrected chi connectivity index (χ1v) is 6.80. The van der Waals surface area contributed by atoms with Crippen LogP contribution in [-0.4, -0.2) is 0 Å². The molecule has 0 atom stereocenters. The zero-order valence-corrected chi connectivity index (χ0v) is 12.6. The number of nitrogens with two attached hydrogens (primary N) is 1. The van der Waals surface area contributed by atoms with E-state index < -0.39 is 0 Å². The van der Waals surface area contributed by atoms with E-state index in [1.165, 1.54) is 0 Å². The molecule has 5 heteroatoms. The first-order chi connectivity index (χ1) is 8.08. The zero-order chi connectivity index (χ0) is 12.4. The highest BCUT2D eigenvalue weighted by Crippen LogP contribution is 2.33. The molecule has 2 aromatic rings. The van der Waals surface area contributed by atoms with Gasteiger partial charge in [0.25, 0.3) is 0 Å². The third-order valence-electron chi connectivity index (χ3n) is 2.25. The molecule has 0 aromatic heterocycles. The maximum absolute atomic E-state index is 5.97. The second-order valence-electron chi connectivity index (χ2n) is 3.45. The minimum Gasteiger partial charge on any atom is -0.396 e. The minimum absolute atomic E-state index is 0.543. The second-order valence-corrected chi connectivity index (χ2v) is 5.63. The highest BCUT2D eigenvalue weighted by atomic mass is 79.9. The van der Waals surface area contributed by atoms with Crippen LogP contribution in [0.4, 0.5) is 17.1 Å². The minimum atomic E-state index is 0.543. The monoisotopic (exact) mass is 374 g/mol. The van der Waals surface area contributed by atoms with Crippen molar-refractivity contribution in [1.29, 1.82) is 0 Å². The molecule has 0 radical (unpaired) electrons. The van der Waals surface area contributed by atoms with Crippen molar-refractivity contribution in [1.82, 2.24) is 0 Å². The van der Waals surface area contributed by atoms with Crippen LogP contribution in [0, 0.1) is 0 Å². The van der Waals surface area contributed by atoms with E-state index in [-0.39, 0.29) is 0 Å². The fourth-order valence-electron chi connectivity index (χ4n) is 1.38.